The Balaban J connectivity index is 2.30. The van der Waals surface area contributed by atoms with Crippen molar-refractivity contribution in [3.05, 3.63) is 28.8 Å². The molecule has 1 aliphatic heterocycles. The zero-order valence-electron chi connectivity index (χ0n) is 10.5. The van der Waals surface area contributed by atoms with Crippen LogP contribution in [0.5, 0.6) is 0 Å². The molecule has 2 N–H and O–H groups in total. The number of nitrogens with two attached hydrogens (primary N) is 1. The molecule has 18 heavy (non-hydrogen) atoms. The van der Waals surface area contributed by atoms with Gasteiger partial charge in [0.25, 0.3) is 0 Å². The average molecular weight is 285 g/mol. The number of rotatable bonds is 2. The number of halogens is 1. The monoisotopic (exact) mass is 284 g/mol. The van der Waals surface area contributed by atoms with Crippen LogP contribution in [0.3, 0.4) is 0 Å². The van der Waals surface area contributed by atoms with Gasteiger partial charge in [0, 0.05) is 18.2 Å². The van der Waals surface area contributed by atoms with Gasteiger partial charge in [-0.3, -0.25) is 0 Å². The van der Waals surface area contributed by atoms with E-state index in [9.17, 15) is 0 Å². The van der Waals surface area contributed by atoms with Crippen LogP contribution in [0.15, 0.2) is 18.2 Å². The predicted octanol–water partition coefficient (Wildman–Crippen LogP) is 2.59. The molecule has 0 amide bonds. The van der Waals surface area contributed by atoms with Crippen molar-refractivity contribution >= 4 is 34.5 Å². The topological polar surface area (TPSA) is 38.5 Å². The molecule has 5 heteroatoms. The fourth-order valence-electron chi connectivity index (χ4n) is 2.13. The van der Waals surface area contributed by atoms with Gasteiger partial charge < -0.3 is 15.4 Å². The molecule has 2 atom stereocenters. The third-order valence-electron chi connectivity index (χ3n) is 3.15. The van der Waals surface area contributed by atoms with E-state index in [1.807, 2.05) is 18.2 Å². The number of benzene rings is 1. The molecule has 0 bridgehead atoms. The van der Waals surface area contributed by atoms with Crippen LogP contribution in [-0.2, 0) is 4.74 Å². The van der Waals surface area contributed by atoms with E-state index in [0.717, 1.165) is 17.8 Å². The number of ether oxygens (including phenoxy) is 1. The molecular weight excluding hydrogens is 268 g/mol. The Morgan fingerprint density at radius 1 is 1.50 bits per heavy atom. The highest BCUT2D eigenvalue weighted by molar-refractivity contribution is 7.80. The lowest BCUT2D eigenvalue weighted by atomic mass is 10.1. The molecule has 1 fully saturated rings. The Morgan fingerprint density at radius 3 is 2.83 bits per heavy atom. The van der Waals surface area contributed by atoms with E-state index in [1.165, 1.54) is 0 Å². The van der Waals surface area contributed by atoms with Gasteiger partial charge in [-0.2, -0.15) is 0 Å². The third-order valence-corrected chi connectivity index (χ3v) is 3.69. The van der Waals surface area contributed by atoms with Crippen LogP contribution < -0.4 is 10.6 Å². The summed E-state index contributed by atoms with van der Waals surface area (Å²) in [6.07, 6.45) is 0.215. The maximum atomic E-state index is 6.32. The summed E-state index contributed by atoms with van der Waals surface area (Å²) in [4.78, 5) is 2.63. The lowest BCUT2D eigenvalue weighted by Gasteiger charge is -2.39. The van der Waals surface area contributed by atoms with Crippen LogP contribution >= 0.6 is 23.8 Å². The molecule has 1 aliphatic rings. The number of hydrogen-bond donors (Lipinski definition) is 1. The first-order valence-corrected chi connectivity index (χ1v) is 6.75. The number of hydrogen-bond acceptors (Lipinski definition) is 3. The normalized spacial score (nSPS) is 24.1. The van der Waals surface area contributed by atoms with Crippen molar-refractivity contribution in [2.75, 3.05) is 18.1 Å². The summed E-state index contributed by atoms with van der Waals surface area (Å²) in [6.45, 7) is 5.75. The van der Waals surface area contributed by atoms with Crippen LogP contribution in [0, 0.1) is 0 Å². The van der Waals surface area contributed by atoms with Crippen LogP contribution in [0.2, 0.25) is 5.02 Å². The summed E-state index contributed by atoms with van der Waals surface area (Å²) < 4.78 is 5.62. The van der Waals surface area contributed by atoms with Gasteiger partial charge in [-0.25, -0.2) is 0 Å². The SMILES string of the molecule is CC1CN(c2ccc(C(N)=S)cc2Cl)C(C)CO1. The summed E-state index contributed by atoms with van der Waals surface area (Å²) in [5, 5.41) is 0.682. The smallest absolute Gasteiger partial charge is 0.104 e. The minimum absolute atomic E-state index is 0.215. The summed E-state index contributed by atoms with van der Waals surface area (Å²) in [7, 11) is 0. The Bertz CT molecular complexity index is 466. The Kier molecular flexibility index (Phi) is 4.10. The summed E-state index contributed by atoms with van der Waals surface area (Å²) in [5.74, 6) is 0. The van der Waals surface area contributed by atoms with Crippen molar-refractivity contribution in [1.29, 1.82) is 0 Å². The molecule has 0 saturated carbocycles. The summed E-state index contributed by atoms with van der Waals surface area (Å²) >= 11 is 11.3. The van der Waals surface area contributed by atoms with E-state index in [-0.39, 0.29) is 6.10 Å². The fourth-order valence-corrected chi connectivity index (χ4v) is 2.55. The van der Waals surface area contributed by atoms with Gasteiger partial charge >= 0.3 is 0 Å². The molecule has 1 aromatic carbocycles. The summed E-state index contributed by atoms with van der Waals surface area (Å²) in [5.41, 5.74) is 7.41. The van der Waals surface area contributed by atoms with Crippen LogP contribution in [0.25, 0.3) is 0 Å². The molecule has 1 saturated heterocycles. The van der Waals surface area contributed by atoms with Crippen molar-refractivity contribution in [2.24, 2.45) is 5.73 Å². The van der Waals surface area contributed by atoms with Crippen LogP contribution in [0.1, 0.15) is 19.4 Å². The van der Waals surface area contributed by atoms with Crippen molar-refractivity contribution in [3.8, 4) is 0 Å². The van der Waals surface area contributed by atoms with E-state index >= 15 is 0 Å². The van der Waals surface area contributed by atoms with Gasteiger partial charge in [-0.05, 0) is 32.0 Å². The lowest BCUT2D eigenvalue weighted by molar-refractivity contribution is 0.0344. The standard InChI is InChI=1S/C13H17ClN2OS/c1-8-7-17-9(2)6-16(8)12-4-3-10(13(15)18)5-11(12)14/h3-5,8-9H,6-7H2,1-2H3,(H2,15,18). The maximum absolute atomic E-state index is 6.32. The quantitative estimate of drug-likeness (QED) is 0.847. The molecule has 2 unspecified atom stereocenters. The second kappa shape index (κ2) is 5.43. The van der Waals surface area contributed by atoms with Gasteiger partial charge in [0.1, 0.15) is 4.99 Å². The molecule has 98 valence electrons. The molecule has 1 heterocycles. The second-order valence-electron chi connectivity index (χ2n) is 4.68. The van der Waals surface area contributed by atoms with E-state index < -0.39 is 0 Å². The van der Waals surface area contributed by atoms with Crippen molar-refractivity contribution < 1.29 is 4.74 Å². The van der Waals surface area contributed by atoms with E-state index in [0.29, 0.717) is 22.7 Å². The Hall–Kier alpha value is -0.840. The Morgan fingerprint density at radius 2 is 2.22 bits per heavy atom. The highest BCUT2D eigenvalue weighted by atomic mass is 35.5. The van der Waals surface area contributed by atoms with Gasteiger partial charge in [-0.15, -0.1) is 0 Å². The van der Waals surface area contributed by atoms with Crippen LogP contribution in [-0.4, -0.2) is 30.3 Å². The second-order valence-corrected chi connectivity index (χ2v) is 5.52. The third kappa shape index (κ3) is 2.76. The molecule has 0 spiro atoms. The highest BCUT2D eigenvalue weighted by Crippen LogP contribution is 2.30. The first-order chi connectivity index (χ1) is 8.49. The number of anilines is 1. The Labute approximate surface area is 118 Å². The van der Waals surface area contributed by atoms with Crippen molar-refractivity contribution in [1.82, 2.24) is 0 Å². The van der Waals surface area contributed by atoms with E-state index in [4.69, 9.17) is 34.3 Å². The largest absolute Gasteiger partial charge is 0.389 e. The van der Waals surface area contributed by atoms with E-state index in [1.54, 1.807) is 0 Å². The van der Waals surface area contributed by atoms with Gasteiger partial charge in [0.15, 0.2) is 0 Å². The van der Waals surface area contributed by atoms with Crippen molar-refractivity contribution in [2.45, 2.75) is 26.0 Å². The molecule has 0 aromatic heterocycles. The molecule has 1 aromatic rings. The maximum Gasteiger partial charge on any atom is 0.104 e. The van der Waals surface area contributed by atoms with E-state index in [2.05, 4.69) is 18.7 Å². The van der Waals surface area contributed by atoms with Gasteiger partial charge in [-0.1, -0.05) is 23.8 Å². The zero-order chi connectivity index (χ0) is 13.3. The number of morpholine rings is 1. The lowest BCUT2D eigenvalue weighted by Crippen LogP contribution is -2.47. The average Bonchev–Trinajstić information content (AvgIpc) is 2.32. The van der Waals surface area contributed by atoms with Gasteiger partial charge in [0.2, 0.25) is 0 Å². The first-order valence-electron chi connectivity index (χ1n) is 5.96. The van der Waals surface area contributed by atoms with Gasteiger partial charge in [0.05, 0.1) is 23.4 Å². The zero-order valence-corrected chi connectivity index (χ0v) is 12.1. The van der Waals surface area contributed by atoms with Crippen LogP contribution in [0.4, 0.5) is 5.69 Å². The highest BCUT2D eigenvalue weighted by Gasteiger charge is 2.25. The first kappa shape index (κ1) is 13.6. The number of thiocarbonyl (C=S) groups is 1. The minimum Gasteiger partial charge on any atom is -0.389 e. The minimum atomic E-state index is 0.215. The molecule has 0 radical (unpaired) electrons. The predicted molar refractivity (Wildman–Crippen MR) is 79.6 cm³/mol. The fraction of sp³-hybridized carbons (Fsp3) is 0.462. The number of nitrogens with zero attached hydrogens (tertiary/aromatic N) is 1. The molecule has 2 rings (SSSR count). The molecular formula is C13H17ClN2OS. The summed E-state index contributed by atoms with van der Waals surface area (Å²) in [6, 6.07) is 6.03. The van der Waals surface area contributed by atoms with Crippen molar-refractivity contribution in [3.63, 3.8) is 0 Å². The molecule has 0 aliphatic carbocycles. The molecule has 3 nitrogen and oxygen atoms in total.